The summed E-state index contributed by atoms with van der Waals surface area (Å²) in [5, 5.41) is 3.00. The molecule has 1 aliphatic heterocycles. The van der Waals surface area contributed by atoms with Gasteiger partial charge in [-0.2, -0.15) is 0 Å². The van der Waals surface area contributed by atoms with Crippen LogP contribution < -0.4 is 10.9 Å². The number of carbonyl (C=O) groups excluding carboxylic acids is 1. The predicted octanol–water partition coefficient (Wildman–Crippen LogP) is 1.37. The van der Waals surface area contributed by atoms with Crippen molar-refractivity contribution in [1.29, 1.82) is 0 Å². The summed E-state index contributed by atoms with van der Waals surface area (Å²) in [5.41, 5.74) is 0.0953. The molecule has 2 N–H and O–H groups in total. The highest BCUT2D eigenvalue weighted by molar-refractivity contribution is 5.92. The maximum atomic E-state index is 12.0. The van der Waals surface area contributed by atoms with Crippen LogP contribution in [0.5, 0.6) is 0 Å². The van der Waals surface area contributed by atoms with E-state index in [1.165, 1.54) is 18.9 Å². The molecule has 2 rings (SSSR count). The van der Waals surface area contributed by atoms with Gasteiger partial charge in [0.05, 0.1) is 0 Å². The van der Waals surface area contributed by atoms with Gasteiger partial charge in [0.2, 0.25) is 5.56 Å². The van der Waals surface area contributed by atoms with E-state index in [4.69, 9.17) is 0 Å². The van der Waals surface area contributed by atoms with E-state index in [0.29, 0.717) is 5.69 Å². The third-order valence-corrected chi connectivity index (χ3v) is 3.76. The van der Waals surface area contributed by atoms with Gasteiger partial charge >= 0.3 is 0 Å². The van der Waals surface area contributed by atoms with Crippen LogP contribution in [0.25, 0.3) is 0 Å². The third kappa shape index (κ3) is 4.20. The second kappa shape index (κ2) is 7.24. The first-order chi connectivity index (χ1) is 9.69. The fraction of sp³-hybridized carbons (Fsp3) is 0.600. The topological polar surface area (TPSA) is 65.2 Å². The summed E-state index contributed by atoms with van der Waals surface area (Å²) in [5.74, 6) is -0.185. The molecule has 0 radical (unpaired) electrons. The van der Waals surface area contributed by atoms with Crippen molar-refractivity contribution in [3.8, 4) is 0 Å². The van der Waals surface area contributed by atoms with Gasteiger partial charge in [-0.1, -0.05) is 19.4 Å². The van der Waals surface area contributed by atoms with E-state index in [-0.39, 0.29) is 17.5 Å². The molecular formula is C15H23N3O2. The summed E-state index contributed by atoms with van der Waals surface area (Å²) in [7, 11) is 0. The van der Waals surface area contributed by atoms with Crippen LogP contribution in [0, 0.1) is 0 Å². The quantitative estimate of drug-likeness (QED) is 0.854. The monoisotopic (exact) mass is 277 g/mol. The number of nitrogens with zero attached hydrogens (tertiary/aromatic N) is 1. The highest BCUT2D eigenvalue weighted by Gasteiger charge is 2.20. The van der Waals surface area contributed by atoms with Gasteiger partial charge < -0.3 is 15.2 Å². The van der Waals surface area contributed by atoms with E-state index < -0.39 is 0 Å². The Balaban J connectivity index is 1.80. The number of likely N-dealkylation sites (tertiary alicyclic amines) is 1. The van der Waals surface area contributed by atoms with Crippen molar-refractivity contribution >= 4 is 5.91 Å². The molecule has 20 heavy (non-hydrogen) atoms. The van der Waals surface area contributed by atoms with Crippen LogP contribution in [0.2, 0.25) is 0 Å². The Bertz CT molecular complexity index is 490. The van der Waals surface area contributed by atoms with Crippen molar-refractivity contribution in [3.63, 3.8) is 0 Å². The summed E-state index contributed by atoms with van der Waals surface area (Å²) in [6.45, 7) is 5.43. The number of aromatic nitrogens is 1. The Kier molecular flexibility index (Phi) is 5.35. The summed E-state index contributed by atoms with van der Waals surface area (Å²) in [4.78, 5) is 28.2. The van der Waals surface area contributed by atoms with Gasteiger partial charge in [0.15, 0.2) is 0 Å². The predicted molar refractivity (Wildman–Crippen MR) is 78.9 cm³/mol. The number of hydrogen-bond donors (Lipinski definition) is 2. The molecular weight excluding hydrogens is 254 g/mol. The number of hydrogen-bond acceptors (Lipinski definition) is 3. The highest BCUT2D eigenvalue weighted by Crippen LogP contribution is 2.11. The Morgan fingerprint density at radius 1 is 1.40 bits per heavy atom. The van der Waals surface area contributed by atoms with Crippen LogP contribution in [0.4, 0.5) is 0 Å². The van der Waals surface area contributed by atoms with Crippen LogP contribution in [0.1, 0.15) is 43.1 Å². The molecule has 2 heterocycles. The van der Waals surface area contributed by atoms with Crippen LogP contribution in [0.3, 0.4) is 0 Å². The minimum absolute atomic E-state index is 0.185. The third-order valence-electron chi connectivity index (χ3n) is 3.76. The maximum absolute atomic E-state index is 12.0. The van der Waals surface area contributed by atoms with Crippen molar-refractivity contribution in [2.24, 2.45) is 0 Å². The number of piperidine rings is 1. The van der Waals surface area contributed by atoms with E-state index in [9.17, 15) is 9.59 Å². The molecule has 1 fully saturated rings. The van der Waals surface area contributed by atoms with Crippen molar-refractivity contribution in [3.05, 3.63) is 34.2 Å². The molecule has 1 aliphatic rings. The minimum atomic E-state index is -0.243. The zero-order valence-corrected chi connectivity index (χ0v) is 12.0. The molecule has 0 aromatic carbocycles. The Hall–Kier alpha value is -1.62. The summed E-state index contributed by atoms with van der Waals surface area (Å²) < 4.78 is 0. The first-order valence-electron chi connectivity index (χ1n) is 7.41. The van der Waals surface area contributed by atoms with E-state index in [2.05, 4.69) is 22.1 Å². The summed E-state index contributed by atoms with van der Waals surface area (Å²) >= 11 is 0. The Morgan fingerprint density at radius 2 is 2.15 bits per heavy atom. The van der Waals surface area contributed by atoms with Gasteiger partial charge in [0, 0.05) is 25.2 Å². The van der Waals surface area contributed by atoms with Crippen molar-refractivity contribution in [2.75, 3.05) is 19.6 Å². The lowest BCUT2D eigenvalue weighted by atomic mass is 10.0. The zero-order chi connectivity index (χ0) is 14.4. The summed E-state index contributed by atoms with van der Waals surface area (Å²) in [6, 6.07) is 4.85. The van der Waals surface area contributed by atoms with Gasteiger partial charge in [0.1, 0.15) is 5.69 Å². The first kappa shape index (κ1) is 14.8. The fourth-order valence-electron chi connectivity index (χ4n) is 2.53. The minimum Gasteiger partial charge on any atom is -0.348 e. The number of nitrogens with one attached hydrogen (secondary N) is 2. The molecule has 1 aromatic heterocycles. The normalized spacial score (nSPS) is 17.1. The molecule has 0 spiro atoms. The number of unbranched alkanes of at least 4 members (excludes halogenated alkanes) is 1. The second-order valence-electron chi connectivity index (χ2n) is 5.37. The SMILES string of the molecule is CCCCN1CCC(NC(=O)c2cccc(=O)[nH]2)CC1. The molecule has 5 nitrogen and oxygen atoms in total. The molecule has 0 unspecified atom stereocenters. The molecule has 1 amide bonds. The number of pyridine rings is 1. The molecule has 0 saturated carbocycles. The fourth-order valence-corrected chi connectivity index (χ4v) is 2.53. The van der Waals surface area contributed by atoms with Crippen LogP contribution in [-0.2, 0) is 0 Å². The van der Waals surface area contributed by atoms with Gasteiger partial charge in [0.25, 0.3) is 5.91 Å². The van der Waals surface area contributed by atoms with E-state index in [1.54, 1.807) is 12.1 Å². The average Bonchev–Trinajstić information content (AvgIpc) is 2.46. The van der Waals surface area contributed by atoms with Gasteiger partial charge in [-0.25, -0.2) is 0 Å². The van der Waals surface area contributed by atoms with Gasteiger partial charge in [-0.05, 0) is 31.9 Å². The van der Waals surface area contributed by atoms with Gasteiger partial charge in [-0.3, -0.25) is 9.59 Å². The number of aromatic amines is 1. The molecule has 5 heteroatoms. The largest absolute Gasteiger partial charge is 0.348 e. The first-order valence-corrected chi connectivity index (χ1v) is 7.41. The standard InChI is InChI=1S/C15H23N3O2/c1-2-3-9-18-10-7-12(8-11-18)16-15(20)13-5-4-6-14(19)17-13/h4-6,12H,2-3,7-11H2,1H3,(H,16,20)(H,17,19). The zero-order valence-electron chi connectivity index (χ0n) is 12.0. The van der Waals surface area contributed by atoms with Crippen molar-refractivity contribution < 1.29 is 4.79 Å². The highest BCUT2D eigenvalue weighted by atomic mass is 16.2. The molecule has 0 atom stereocenters. The average molecular weight is 277 g/mol. The van der Waals surface area contributed by atoms with Crippen LogP contribution in [-0.4, -0.2) is 41.5 Å². The number of amides is 1. The molecule has 0 aliphatic carbocycles. The lowest BCUT2D eigenvalue weighted by Crippen LogP contribution is -2.45. The van der Waals surface area contributed by atoms with E-state index in [1.807, 2.05) is 0 Å². The van der Waals surface area contributed by atoms with Crippen LogP contribution in [0.15, 0.2) is 23.0 Å². The number of carbonyl (C=O) groups is 1. The maximum Gasteiger partial charge on any atom is 0.268 e. The Morgan fingerprint density at radius 3 is 2.80 bits per heavy atom. The second-order valence-corrected chi connectivity index (χ2v) is 5.37. The van der Waals surface area contributed by atoms with Gasteiger partial charge in [-0.15, -0.1) is 0 Å². The summed E-state index contributed by atoms with van der Waals surface area (Å²) in [6.07, 6.45) is 4.42. The number of H-pyrrole nitrogens is 1. The Labute approximate surface area is 119 Å². The van der Waals surface area contributed by atoms with E-state index in [0.717, 1.165) is 32.5 Å². The molecule has 0 bridgehead atoms. The molecule has 1 saturated heterocycles. The lowest BCUT2D eigenvalue weighted by Gasteiger charge is -2.32. The lowest BCUT2D eigenvalue weighted by molar-refractivity contribution is 0.0905. The van der Waals surface area contributed by atoms with Crippen molar-refractivity contribution in [2.45, 2.75) is 38.6 Å². The number of rotatable bonds is 5. The molecule has 1 aromatic rings. The van der Waals surface area contributed by atoms with Crippen LogP contribution >= 0.6 is 0 Å². The van der Waals surface area contributed by atoms with E-state index >= 15 is 0 Å². The van der Waals surface area contributed by atoms with Crippen molar-refractivity contribution in [1.82, 2.24) is 15.2 Å². The smallest absolute Gasteiger partial charge is 0.268 e. The molecule has 110 valence electrons.